The lowest BCUT2D eigenvalue weighted by Gasteiger charge is -2.53. The van der Waals surface area contributed by atoms with Gasteiger partial charge in [-0.3, -0.25) is 4.79 Å². The Morgan fingerprint density at radius 3 is 2.52 bits per heavy atom. The first-order chi connectivity index (χ1) is 15.8. The third-order valence-corrected chi connectivity index (χ3v) is 9.23. The van der Waals surface area contributed by atoms with Gasteiger partial charge in [-0.1, -0.05) is 24.3 Å². The Kier molecular flexibility index (Phi) is 4.76. The van der Waals surface area contributed by atoms with Crippen LogP contribution in [0, 0.1) is 46.6 Å². The second kappa shape index (κ2) is 7.37. The van der Waals surface area contributed by atoms with E-state index in [4.69, 9.17) is 0 Å². The molecule has 0 aromatic heterocycles. The van der Waals surface area contributed by atoms with Crippen LogP contribution in [0.4, 0.5) is 8.78 Å². The maximum atomic E-state index is 14.3. The number of rotatable bonds is 1. The molecule has 3 fully saturated rings. The van der Waals surface area contributed by atoms with Crippen molar-refractivity contribution in [2.45, 2.75) is 76.2 Å². The summed E-state index contributed by atoms with van der Waals surface area (Å²) < 4.78 is 28.7. The van der Waals surface area contributed by atoms with Crippen LogP contribution in [0.25, 0.3) is 0 Å². The Balaban J connectivity index is 1.51. The average Bonchev–Trinajstić information content (AvgIpc) is 3.56. The van der Waals surface area contributed by atoms with Crippen molar-refractivity contribution in [2.75, 3.05) is 0 Å². The van der Waals surface area contributed by atoms with Crippen LogP contribution < -0.4 is 0 Å². The van der Waals surface area contributed by atoms with E-state index in [1.165, 1.54) is 23.3 Å². The van der Waals surface area contributed by atoms with Crippen LogP contribution in [-0.2, 0) is 4.79 Å². The van der Waals surface area contributed by atoms with Crippen LogP contribution in [0.2, 0.25) is 0 Å². The quantitative estimate of drug-likeness (QED) is 0.535. The molecule has 5 aliphatic rings. The van der Waals surface area contributed by atoms with Gasteiger partial charge in [-0.25, -0.2) is 8.78 Å². The number of hydrogen-bond acceptors (Lipinski definition) is 2. The summed E-state index contributed by atoms with van der Waals surface area (Å²) in [5, 5.41) is 11.9. The van der Waals surface area contributed by atoms with E-state index < -0.39 is 22.7 Å². The molecular formula is C29H30F2O2. The van der Waals surface area contributed by atoms with Gasteiger partial charge in [-0.2, -0.15) is 0 Å². The SMILES string of the molecule is C[C@]12C[C@H](c3cc(F)cc(F)c3)C3=C4CCC(=O)C=C4CC[C@H]3[C@@H]1CC[C@@]2(O)C#CC1CC1. The van der Waals surface area contributed by atoms with Crippen molar-refractivity contribution in [3.8, 4) is 11.8 Å². The molecule has 5 atom stereocenters. The molecule has 33 heavy (non-hydrogen) atoms. The van der Waals surface area contributed by atoms with Gasteiger partial charge in [-0.15, -0.1) is 0 Å². The number of carbonyl (C=O) groups is 1. The summed E-state index contributed by atoms with van der Waals surface area (Å²) in [7, 11) is 0. The number of ketones is 1. The van der Waals surface area contributed by atoms with E-state index in [0.717, 1.165) is 43.7 Å². The molecule has 0 amide bonds. The summed E-state index contributed by atoms with van der Waals surface area (Å²) in [5.41, 5.74) is 2.75. The first kappa shape index (κ1) is 21.3. The molecular weight excluding hydrogens is 418 g/mol. The summed E-state index contributed by atoms with van der Waals surface area (Å²) >= 11 is 0. The highest BCUT2D eigenvalue weighted by atomic mass is 19.1. The van der Waals surface area contributed by atoms with Crippen LogP contribution in [0.15, 0.2) is 41.0 Å². The molecule has 1 aromatic carbocycles. The molecule has 1 aromatic rings. The number of fused-ring (bicyclic) bond motifs is 4. The zero-order valence-electron chi connectivity index (χ0n) is 19.1. The summed E-state index contributed by atoms with van der Waals surface area (Å²) in [5.74, 6) is 6.41. The van der Waals surface area contributed by atoms with E-state index in [9.17, 15) is 18.7 Å². The number of allylic oxidation sites excluding steroid dienone is 4. The van der Waals surface area contributed by atoms with E-state index >= 15 is 0 Å². The van der Waals surface area contributed by atoms with Crippen molar-refractivity contribution >= 4 is 5.78 Å². The van der Waals surface area contributed by atoms with Crippen LogP contribution in [0.1, 0.15) is 76.2 Å². The van der Waals surface area contributed by atoms with Crippen molar-refractivity contribution in [3.63, 3.8) is 0 Å². The summed E-state index contributed by atoms with van der Waals surface area (Å²) in [6, 6.07) is 3.83. The smallest absolute Gasteiger partial charge is 0.156 e. The molecule has 1 N–H and O–H groups in total. The molecule has 6 rings (SSSR count). The van der Waals surface area contributed by atoms with Gasteiger partial charge in [0.2, 0.25) is 0 Å². The standard InChI is InChI=1S/C29H30F2O2/c1-28-16-25(19-12-20(30)15-21(31)13-19)27-23-7-5-22(32)14-18(23)4-6-24(27)26(28)9-11-29(28,33)10-8-17-2-3-17/h12-15,17,24-26,33H,2-7,9,11,16H2,1H3/t24-,25+,26-,28-,29-/m0/s1. The van der Waals surface area contributed by atoms with Gasteiger partial charge in [0.25, 0.3) is 0 Å². The Bertz CT molecular complexity index is 1140. The number of hydrogen-bond donors (Lipinski definition) is 1. The van der Waals surface area contributed by atoms with Crippen molar-refractivity contribution in [3.05, 3.63) is 58.2 Å². The first-order valence-corrected chi connectivity index (χ1v) is 12.5. The Morgan fingerprint density at radius 1 is 1.03 bits per heavy atom. The molecule has 0 saturated heterocycles. The lowest BCUT2D eigenvalue weighted by atomic mass is 9.51. The van der Waals surface area contributed by atoms with Crippen LogP contribution in [0.5, 0.6) is 0 Å². The lowest BCUT2D eigenvalue weighted by Crippen LogP contribution is -2.51. The predicted octanol–water partition coefficient (Wildman–Crippen LogP) is 6.01. The molecule has 4 heteroatoms. The topological polar surface area (TPSA) is 37.3 Å². The Morgan fingerprint density at radius 2 is 1.79 bits per heavy atom. The zero-order chi connectivity index (χ0) is 23.0. The highest BCUT2D eigenvalue weighted by Gasteiger charge is 2.62. The maximum Gasteiger partial charge on any atom is 0.156 e. The highest BCUT2D eigenvalue weighted by molar-refractivity contribution is 5.93. The number of benzene rings is 1. The Hall–Kier alpha value is -2.25. The fraction of sp³-hybridized carbons (Fsp3) is 0.552. The number of carbonyl (C=O) groups excluding carboxylic acids is 1. The summed E-state index contributed by atoms with van der Waals surface area (Å²) in [4.78, 5) is 12.1. The largest absolute Gasteiger partial charge is 0.377 e. The normalized spacial score (nSPS) is 37.5. The fourth-order valence-corrected chi connectivity index (χ4v) is 7.39. The molecule has 3 saturated carbocycles. The van der Waals surface area contributed by atoms with Crippen LogP contribution in [-0.4, -0.2) is 16.5 Å². The molecule has 0 unspecified atom stereocenters. The first-order valence-electron chi connectivity index (χ1n) is 12.5. The molecule has 0 radical (unpaired) electrons. The molecule has 0 bridgehead atoms. The summed E-state index contributed by atoms with van der Waals surface area (Å²) in [6.45, 7) is 2.16. The van der Waals surface area contributed by atoms with E-state index in [2.05, 4.69) is 18.8 Å². The lowest BCUT2D eigenvalue weighted by molar-refractivity contribution is -0.114. The minimum absolute atomic E-state index is 0.174. The molecule has 0 aliphatic heterocycles. The van der Waals surface area contributed by atoms with Gasteiger partial charge in [0, 0.05) is 29.7 Å². The van der Waals surface area contributed by atoms with Gasteiger partial charge in [0.15, 0.2) is 5.78 Å². The third-order valence-electron chi connectivity index (χ3n) is 9.23. The van der Waals surface area contributed by atoms with Crippen LogP contribution in [0.3, 0.4) is 0 Å². The van der Waals surface area contributed by atoms with Crippen molar-refractivity contribution in [1.82, 2.24) is 0 Å². The predicted molar refractivity (Wildman–Crippen MR) is 122 cm³/mol. The number of halogens is 2. The second-order valence-corrected chi connectivity index (χ2v) is 11.1. The van der Waals surface area contributed by atoms with Crippen molar-refractivity contribution in [1.29, 1.82) is 0 Å². The van der Waals surface area contributed by atoms with E-state index in [1.54, 1.807) is 6.08 Å². The average molecular weight is 449 g/mol. The van der Waals surface area contributed by atoms with Gasteiger partial charge in [-0.05, 0) is 98.1 Å². The van der Waals surface area contributed by atoms with Gasteiger partial charge in [0.05, 0.1) is 0 Å². The van der Waals surface area contributed by atoms with Gasteiger partial charge in [0.1, 0.15) is 17.2 Å². The Labute approximate surface area is 194 Å². The summed E-state index contributed by atoms with van der Waals surface area (Å²) in [6.07, 6.45) is 9.18. The van der Waals surface area contributed by atoms with Gasteiger partial charge < -0.3 is 5.11 Å². The van der Waals surface area contributed by atoms with E-state index in [1.807, 2.05) is 0 Å². The second-order valence-electron chi connectivity index (χ2n) is 11.1. The molecule has 5 aliphatic carbocycles. The third kappa shape index (κ3) is 3.35. The molecule has 2 nitrogen and oxygen atoms in total. The molecule has 0 spiro atoms. The molecule has 172 valence electrons. The van der Waals surface area contributed by atoms with E-state index in [0.29, 0.717) is 37.2 Å². The minimum Gasteiger partial charge on any atom is -0.377 e. The van der Waals surface area contributed by atoms with E-state index in [-0.39, 0.29) is 23.5 Å². The van der Waals surface area contributed by atoms with Gasteiger partial charge >= 0.3 is 0 Å². The molecule has 0 heterocycles. The minimum atomic E-state index is -1.07. The maximum absolute atomic E-state index is 14.3. The van der Waals surface area contributed by atoms with Crippen LogP contribution >= 0.6 is 0 Å². The fourth-order valence-electron chi connectivity index (χ4n) is 7.39. The van der Waals surface area contributed by atoms with Crippen molar-refractivity contribution < 1.29 is 18.7 Å². The zero-order valence-corrected chi connectivity index (χ0v) is 19.1. The number of aliphatic hydroxyl groups is 1. The van der Waals surface area contributed by atoms with Crippen molar-refractivity contribution in [2.24, 2.45) is 23.2 Å². The highest BCUT2D eigenvalue weighted by Crippen LogP contribution is 2.66. The monoisotopic (exact) mass is 448 g/mol.